The van der Waals surface area contributed by atoms with Crippen LogP contribution in [0.25, 0.3) is 10.9 Å². The summed E-state index contributed by atoms with van der Waals surface area (Å²) < 4.78 is 24.4. The molecule has 3 aromatic rings. The Labute approximate surface area is 146 Å². The van der Waals surface area contributed by atoms with Gasteiger partial charge < -0.3 is 9.88 Å². The van der Waals surface area contributed by atoms with E-state index in [1.165, 1.54) is 0 Å². The van der Waals surface area contributed by atoms with Gasteiger partial charge in [0, 0.05) is 29.8 Å². The smallest absolute Gasteiger partial charge is 0.228 e. The first-order valence-electron chi connectivity index (χ1n) is 7.74. The lowest BCUT2D eigenvalue weighted by Gasteiger charge is -2.07. The molecule has 1 aromatic heterocycles. The molecule has 0 radical (unpaired) electrons. The van der Waals surface area contributed by atoms with Gasteiger partial charge >= 0.3 is 0 Å². The van der Waals surface area contributed by atoms with Crippen molar-refractivity contribution in [2.75, 3.05) is 5.32 Å². The maximum atomic E-state index is 12.4. The quantitative estimate of drug-likeness (QED) is 0.732. The average Bonchev–Trinajstić information content (AvgIpc) is 2.82. The zero-order valence-electron chi connectivity index (χ0n) is 13.8. The number of benzene rings is 2. The van der Waals surface area contributed by atoms with E-state index in [1.54, 1.807) is 24.3 Å². The van der Waals surface area contributed by atoms with Crippen molar-refractivity contribution in [1.82, 2.24) is 4.57 Å². The van der Waals surface area contributed by atoms with E-state index in [9.17, 15) is 13.2 Å². The molecule has 0 spiro atoms. The number of primary sulfonamides is 1. The lowest BCUT2D eigenvalue weighted by Crippen LogP contribution is -2.16. The van der Waals surface area contributed by atoms with Gasteiger partial charge in [0.15, 0.2) is 0 Å². The third kappa shape index (κ3) is 4.26. The number of aromatic nitrogens is 1. The van der Waals surface area contributed by atoms with Crippen molar-refractivity contribution in [3.8, 4) is 0 Å². The van der Waals surface area contributed by atoms with E-state index in [1.807, 2.05) is 42.1 Å². The molecule has 3 rings (SSSR count). The number of hydrogen-bond donors (Lipinski definition) is 2. The summed E-state index contributed by atoms with van der Waals surface area (Å²) in [6.07, 6.45) is 2.18. The summed E-state index contributed by atoms with van der Waals surface area (Å²) in [5, 5.41) is 8.91. The van der Waals surface area contributed by atoms with Crippen LogP contribution in [0.1, 0.15) is 11.1 Å². The van der Waals surface area contributed by atoms with Gasteiger partial charge in [-0.3, -0.25) is 4.79 Å². The number of nitrogens with zero attached hydrogens (tertiary/aromatic N) is 1. The van der Waals surface area contributed by atoms with Crippen LogP contribution in [0.4, 0.5) is 5.69 Å². The number of anilines is 1. The highest BCUT2D eigenvalue weighted by Crippen LogP contribution is 2.21. The fourth-order valence-corrected chi connectivity index (χ4v) is 3.56. The first-order valence-corrected chi connectivity index (χ1v) is 9.45. The Morgan fingerprint density at radius 3 is 2.68 bits per heavy atom. The van der Waals surface area contributed by atoms with Crippen molar-refractivity contribution in [2.24, 2.45) is 12.2 Å². The molecule has 1 heterocycles. The third-order valence-corrected chi connectivity index (χ3v) is 4.64. The number of aryl methyl sites for hydroxylation is 1. The Bertz CT molecular complexity index is 1040. The summed E-state index contributed by atoms with van der Waals surface area (Å²) in [5.74, 6) is -0.427. The summed E-state index contributed by atoms with van der Waals surface area (Å²) >= 11 is 0. The van der Waals surface area contributed by atoms with Crippen LogP contribution in [-0.4, -0.2) is 18.9 Å². The minimum atomic E-state index is -3.61. The maximum absolute atomic E-state index is 12.4. The number of rotatable bonds is 5. The van der Waals surface area contributed by atoms with Crippen molar-refractivity contribution in [2.45, 2.75) is 12.2 Å². The zero-order valence-corrected chi connectivity index (χ0v) is 14.6. The van der Waals surface area contributed by atoms with E-state index in [-0.39, 0.29) is 18.1 Å². The van der Waals surface area contributed by atoms with Crippen molar-refractivity contribution < 1.29 is 13.2 Å². The number of amides is 1. The lowest BCUT2D eigenvalue weighted by molar-refractivity contribution is -0.115. The molecule has 0 bridgehead atoms. The summed E-state index contributed by atoms with van der Waals surface area (Å²) in [5.41, 5.74) is 3.09. The van der Waals surface area contributed by atoms with Gasteiger partial charge in [0.1, 0.15) is 0 Å². The molecule has 6 nitrogen and oxygen atoms in total. The Hall–Kier alpha value is -2.64. The highest BCUT2D eigenvalue weighted by atomic mass is 32.2. The Morgan fingerprint density at radius 2 is 1.92 bits per heavy atom. The number of fused-ring (bicyclic) bond motifs is 1. The highest BCUT2D eigenvalue weighted by Gasteiger charge is 2.11. The molecule has 0 aliphatic carbocycles. The van der Waals surface area contributed by atoms with Gasteiger partial charge in [-0.25, -0.2) is 13.6 Å². The predicted octanol–water partition coefficient (Wildman–Crippen LogP) is 2.15. The van der Waals surface area contributed by atoms with Crippen molar-refractivity contribution >= 4 is 32.5 Å². The SMILES string of the molecule is Cn1cc(CC(=O)Nc2cccc(CS(N)(=O)=O)c2)c2ccccc21. The van der Waals surface area contributed by atoms with Crippen LogP contribution in [0.5, 0.6) is 0 Å². The minimum Gasteiger partial charge on any atom is -0.350 e. The molecule has 0 saturated carbocycles. The summed E-state index contributed by atoms with van der Waals surface area (Å²) in [7, 11) is -1.66. The molecule has 2 aromatic carbocycles. The Morgan fingerprint density at radius 1 is 1.16 bits per heavy atom. The molecular weight excluding hydrogens is 338 g/mol. The van der Waals surface area contributed by atoms with E-state index < -0.39 is 10.0 Å². The number of nitrogens with two attached hydrogens (primary N) is 1. The minimum absolute atomic E-state index is 0.163. The van der Waals surface area contributed by atoms with Gasteiger partial charge in [-0.1, -0.05) is 30.3 Å². The van der Waals surface area contributed by atoms with Crippen LogP contribution in [-0.2, 0) is 34.0 Å². The van der Waals surface area contributed by atoms with Crippen molar-refractivity contribution in [3.63, 3.8) is 0 Å². The summed E-state index contributed by atoms with van der Waals surface area (Å²) in [4.78, 5) is 12.4. The third-order valence-electron chi connectivity index (χ3n) is 3.91. The van der Waals surface area contributed by atoms with Crippen molar-refractivity contribution in [1.29, 1.82) is 0 Å². The first kappa shape index (κ1) is 17.2. The summed E-state index contributed by atoms with van der Waals surface area (Å²) in [6.45, 7) is 0. The number of hydrogen-bond acceptors (Lipinski definition) is 3. The standard InChI is InChI=1S/C18H19N3O3S/c1-21-11-14(16-7-2-3-8-17(16)21)10-18(22)20-15-6-4-5-13(9-15)12-25(19,23)24/h2-9,11H,10,12H2,1H3,(H,20,22)(H2,19,23,24). The second kappa shape index (κ2) is 6.70. The number of para-hydroxylation sites is 1. The van der Waals surface area contributed by atoms with E-state index >= 15 is 0 Å². The number of nitrogens with one attached hydrogen (secondary N) is 1. The largest absolute Gasteiger partial charge is 0.350 e. The highest BCUT2D eigenvalue weighted by molar-refractivity contribution is 7.88. The molecule has 0 fully saturated rings. The number of carbonyl (C=O) groups excluding carboxylic acids is 1. The molecule has 0 saturated heterocycles. The average molecular weight is 357 g/mol. The van der Waals surface area contributed by atoms with Crippen LogP contribution in [0.15, 0.2) is 54.7 Å². The molecule has 7 heteroatoms. The fourth-order valence-electron chi connectivity index (χ4n) is 2.92. The number of sulfonamides is 1. The molecular formula is C18H19N3O3S. The zero-order chi connectivity index (χ0) is 18.0. The van der Waals surface area contributed by atoms with Gasteiger partial charge in [0.2, 0.25) is 15.9 Å². The molecule has 1 amide bonds. The molecule has 25 heavy (non-hydrogen) atoms. The van der Waals surface area contributed by atoms with Gasteiger partial charge in [0.25, 0.3) is 0 Å². The number of carbonyl (C=O) groups is 1. The maximum Gasteiger partial charge on any atom is 0.228 e. The van der Waals surface area contributed by atoms with E-state index in [0.29, 0.717) is 11.3 Å². The van der Waals surface area contributed by atoms with Crippen LogP contribution in [0, 0.1) is 0 Å². The molecule has 0 aliphatic rings. The monoisotopic (exact) mass is 357 g/mol. The predicted molar refractivity (Wildman–Crippen MR) is 98.5 cm³/mol. The van der Waals surface area contributed by atoms with Crippen LogP contribution < -0.4 is 10.5 Å². The molecule has 130 valence electrons. The summed E-state index contributed by atoms with van der Waals surface area (Å²) in [6, 6.07) is 14.6. The second-order valence-corrected chi connectivity index (χ2v) is 7.63. The molecule has 3 N–H and O–H groups in total. The van der Waals surface area contributed by atoms with Crippen LogP contribution >= 0.6 is 0 Å². The lowest BCUT2D eigenvalue weighted by atomic mass is 10.1. The van der Waals surface area contributed by atoms with Crippen molar-refractivity contribution in [3.05, 3.63) is 65.9 Å². The fraction of sp³-hybridized carbons (Fsp3) is 0.167. The molecule has 0 aliphatic heterocycles. The van der Waals surface area contributed by atoms with Gasteiger partial charge in [0.05, 0.1) is 12.2 Å². The van der Waals surface area contributed by atoms with Crippen LogP contribution in [0.2, 0.25) is 0 Å². The van der Waals surface area contributed by atoms with Crippen LogP contribution in [0.3, 0.4) is 0 Å². The first-order chi connectivity index (χ1) is 11.8. The second-order valence-electron chi connectivity index (χ2n) is 6.01. The van der Waals surface area contributed by atoms with E-state index in [2.05, 4.69) is 5.32 Å². The Balaban J connectivity index is 1.75. The van der Waals surface area contributed by atoms with E-state index in [0.717, 1.165) is 16.5 Å². The topological polar surface area (TPSA) is 94.2 Å². The Kier molecular flexibility index (Phi) is 4.61. The normalized spacial score (nSPS) is 11.6. The van der Waals surface area contributed by atoms with E-state index in [4.69, 9.17) is 5.14 Å². The van der Waals surface area contributed by atoms with Gasteiger partial charge in [-0.05, 0) is 29.3 Å². The molecule has 0 atom stereocenters. The van der Waals surface area contributed by atoms with Gasteiger partial charge in [-0.15, -0.1) is 0 Å². The van der Waals surface area contributed by atoms with Gasteiger partial charge in [-0.2, -0.15) is 0 Å². The molecule has 0 unspecified atom stereocenters.